The molecule has 0 unspecified atom stereocenters. The van der Waals surface area contributed by atoms with E-state index in [0.29, 0.717) is 19.2 Å². The van der Waals surface area contributed by atoms with E-state index >= 15 is 0 Å². The van der Waals surface area contributed by atoms with E-state index < -0.39 is 16.3 Å². The highest BCUT2D eigenvalue weighted by Crippen LogP contribution is 2.35. The van der Waals surface area contributed by atoms with Crippen molar-refractivity contribution in [3.8, 4) is 17.3 Å². The van der Waals surface area contributed by atoms with Crippen molar-refractivity contribution < 1.29 is 18.2 Å². The molecule has 2 aliphatic heterocycles. The van der Waals surface area contributed by atoms with Crippen molar-refractivity contribution in [3.05, 3.63) is 30.5 Å². The SMILES string of the molecule is N#CC1(NC(=O)C2CCCCC2)CC1.O=S1CCN(c2ccc(-c3coc(N4CCOCC4)n3)cc2)CC1. The number of nitrogens with zero attached hydrogens (tertiary/aromatic N) is 4. The maximum atomic E-state index is 11.8. The highest BCUT2D eigenvalue weighted by atomic mass is 32.2. The largest absolute Gasteiger partial charge is 0.431 e. The molecule has 0 radical (unpaired) electrons. The monoisotopic (exact) mass is 539 g/mol. The highest BCUT2D eigenvalue weighted by Gasteiger charge is 2.45. The van der Waals surface area contributed by atoms with Crippen LogP contribution < -0.4 is 15.1 Å². The van der Waals surface area contributed by atoms with E-state index in [2.05, 4.69) is 50.4 Å². The highest BCUT2D eigenvalue weighted by molar-refractivity contribution is 7.85. The Bertz CT molecular complexity index is 1130. The molecule has 1 amide bonds. The summed E-state index contributed by atoms with van der Waals surface area (Å²) in [6.07, 6.45) is 8.98. The molecule has 2 aromatic rings. The van der Waals surface area contributed by atoms with E-state index in [-0.39, 0.29) is 11.8 Å². The average Bonchev–Trinajstić information content (AvgIpc) is 3.57. The van der Waals surface area contributed by atoms with Gasteiger partial charge in [-0.2, -0.15) is 10.2 Å². The summed E-state index contributed by atoms with van der Waals surface area (Å²) in [5, 5.41) is 11.7. The summed E-state index contributed by atoms with van der Waals surface area (Å²) in [6.45, 7) is 4.78. The Morgan fingerprint density at radius 1 is 1.03 bits per heavy atom. The van der Waals surface area contributed by atoms with Crippen LogP contribution in [0, 0.1) is 17.2 Å². The molecule has 3 heterocycles. The van der Waals surface area contributed by atoms with Crippen LogP contribution in [-0.2, 0) is 20.3 Å². The molecule has 2 aliphatic carbocycles. The lowest BCUT2D eigenvalue weighted by molar-refractivity contribution is -0.126. The summed E-state index contributed by atoms with van der Waals surface area (Å²) in [6, 6.07) is 11.2. The Balaban J connectivity index is 0.000000179. The Hall–Kier alpha value is -2.90. The van der Waals surface area contributed by atoms with Gasteiger partial charge in [0.05, 0.1) is 19.3 Å². The minimum absolute atomic E-state index is 0.115. The molecule has 1 aromatic carbocycles. The number of morpholine rings is 1. The van der Waals surface area contributed by atoms with Gasteiger partial charge in [-0.3, -0.25) is 9.00 Å². The van der Waals surface area contributed by atoms with Gasteiger partial charge in [-0.05, 0) is 37.8 Å². The first-order valence-electron chi connectivity index (χ1n) is 13.8. The fraction of sp³-hybridized carbons (Fsp3) is 0.607. The number of carbonyl (C=O) groups excluding carboxylic acids is 1. The summed E-state index contributed by atoms with van der Waals surface area (Å²) in [5.41, 5.74) is 2.59. The van der Waals surface area contributed by atoms with Crippen molar-refractivity contribution in [2.45, 2.75) is 50.5 Å². The van der Waals surface area contributed by atoms with Gasteiger partial charge in [-0.15, -0.1) is 0 Å². The molecule has 2 saturated heterocycles. The van der Waals surface area contributed by atoms with E-state index in [1.807, 2.05) is 0 Å². The molecule has 10 heteroatoms. The molecular weight excluding hydrogens is 502 g/mol. The quantitative estimate of drug-likeness (QED) is 0.615. The molecule has 0 atom stereocenters. The fourth-order valence-electron chi connectivity index (χ4n) is 5.13. The average molecular weight is 540 g/mol. The Morgan fingerprint density at radius 3 is 2.34 bits per heavy atom. The van der Waals surface area contributed by atoms with Gasteiger partial charge in [0.25, 0.3) is 6.01 Å². The first kappa shape index (κ1) is 26.7. The number of amides is 1. The number of hydrogen-bond acceptors (Lipinski definition) is 8. The second-order valence-electron chi connectivity index (χ2n) is 10.5. The van der Waals surface area contributed by atoms with Crippen LogP contribution in [0.15, 0.2) is 34.9 Å². The van der Waals surface area contributed by atoms with Crippen LogP contribution in [0.25, 0.3) is 11.3 Å². The van der Waals surface area contributed by atoms with Crippen LogP contribution in [0.4, 0.5) is 11.7 Å². The van der Waals surface area contributed by atoms with Gasteiger partial charge in [0.15, 0.2) is 0 Å². The second-order valence-corrected chi connectivity index (χ2v) is 12.2. The number of nitrogens with one attached hydrogen (secondary N) is 1. The van der Waals surface area contributed by atoms with Crippen LogP contribution >= 0.6 is 0 Å². The van der Waals surface area contributed by atoms with Gasteiger partial charge in [0.2, 0.25) is 5.91 Å². The lowest BCUT2D eigenvalue weighted by atomic mass is 9.88. The molecule has 2 saturated carbocycles. The third-order valence-corrected chi connectivity index (χ3v) is 9.06. The van der Waals surface area contributed by atoms with Crippen molar-refractivity contribution in [3.63, 3.8) is 0 Å². The lowest BCUT2D eigenvalue weighted by Crippen LogP contribution is -2.40. The molecule has 1 N–H and O–H groups in total. The second kappa shape index (κ2) is 12.3. The topological polar surface area (TPSA) is 112 Å². The van der Waals surface area contributed by atoms with Crippen molar-refractivity contribution in [1.29, 1.82) is 5.26 Å². The zero-order valence-electron chi connectivity index (χ0n) is 21.9. The Morgan fingerprint density at radius 2 is 1.71 bits per heavy atom. The zero-order chi connectivity index (χ0) is 26.4. The number of benzene rings is 1. The van der Waals surface area contributed by atoms with Gasteiger partial charge in [-0.25, -0.2) is 0 Å². The summed E-state index contributed by atoms with van der Waals surface area (Å²) >= 11 is 0. The predicted molar refractivity (Wildman–Crippen MR) is 147 cm³/mol. The maximum absolute atomic E-state index is 11.8. The molecule has 0 spiro atoms. The standard InChI is InChI=1S/C17H21N3O3S.C11H16N2O/c21-24-11-7-19(8-12-24)15-3-1-14(2-4-15)16-13-23-17(18-16)20-5-9-22-10-6-20;12-8-11(6-7-11)13-10(14)9-4-2-1-3-5-9/h1-4,13H,5-12H2;9H,1-7H2,(H,13,14). The number of carbonyl (C=O) groups is 1. The molecule has 6 rings (SSSR count). The van der Waals surface area contributed by atoms with Gasteiger partial charge >= 0.3 is 0 Å². The Labute approximate surface area is 227 Å². The summed E-state index contributed by atoms with van der Waals surface area (Å²) in [4.78, 5) is 20.7. The molecule has 38 heavy (non-hydrogen) atoms. The molecule has 4 aliphatic rings. The summed E-state index contributed by atoms with van der Waals surface area (Å²) in [5.74, 6) is 1.81. The van der Waals surface area contributed by atoms with Crippen LogP contribution in [0.2, 0.25) is 0 Å². The van der Waals surface area contributed by atoms with E-state index in [4.69, 9.17) is 14.4 Å². The van der Waals surface area contributed by atoms with Gasteiger partial charge in [0.1, 0.15) is 17.5 Å². The van der Waals surface area contributed by atoms with Crippen molar-refractivity contribution >= 4 is 28.4 Å². The maximum Gasteiger partial charge on any atom is 0.297 e. The first-order valence-corrected chi connectivity index (χ1v) is 15.3. The minimum Gasteiger partial charge on any atom is -0.431 e. The van der Waals surface area contributed by atoms with E-state index in [9.17, 15) is 9.00 Å². The van der Waals surface area contributed by atoms with Gasteiger partial charge in [-0.1, -0.05) is 31.4 Å². The van der Waals surface area contributed by atoms with Crippen molar-refractivity contribution in [2.75, 3.05) is 60.7 Å². The van der Waals surface area contributed by atoms with Crippen LogP contribution in [0.3, 0.4) is 0 Å². The number of aromatic nitrogens is 1. The number of anilines is 2. The van der Waals surface area contributed by atoms with Crippen LogP contribution in [0.5, 0.6) is 0 Å². The number of ether oxygens (including phenoxy) is 1. The first-order chi connectivity index (χ1) is 18.5. The summed E-state index contributed by atoms with van der Waals surface area (Å²) in [7, 11) is -0.646. The van der Waals surface area contributed by atoms with E-state index in [1.165, 1.54) is 12.1 Å². The predicted octanol–water partition coefficient (Wildman–Crippen LogP) is 3.49. The number of nitriles is 1. The number of oxazole rings is 1. The normalized spacial score (nSPS) is 21.7. The van der Waals surface area contributed by atoms with Gasteiger partial charge < -0.3 is 24.3 Å². The van der Waals surface area contributed by atoms with Crippen LogP contribution in [-0.4, -0.2) is 71.5 Å². The molecule has 204 valence electrons. The molecule has 0 bridgehead atoms. The van der Waals surface area contributed by atoms with E-state index in [1.54, 1.807) is 6.26 Å². The van der Waals surface area contributed by atoms with Crippen molar-refractivity contribution in [2.24, 2.45) is 5.92 Å². The van der Waals surface area contributed by atoms with Crippen LogP contribution in [0.1, 0.15) is 44.9 Å². The van der Waals surface area contributed by atoms with Gasteiger partial charge in [0, 0.05) is 65.7 Å². The summed E-state index contributed by atoms with van der Waals surface area (Å²) < 4.78 is 22.5. The number of rotatable bonds is 5. The molecular formula is C28H37N5O4S. The Kier molecular flexibility index (Phi) is 8.65. The smallest absolute Gasteiger partial charge is 0.297 e. The van der Waals surface area contributed by atoms with Crippen molar-refractivity contribution in [1.82, 2.24) is 10.3 Å². The molecule has 9 nitrogen and oxygen atoms in total. The molecule has 4 fully saturated rings. The third kappa shape index (κ3) is 6.75. The third-order valence-electron chi connectivity index (χ3n) is 7.78. The van der Waals surface area contributed by atoms with E-state index in [0.717, 1.165) is 87.5 Å². The zero-order valence-corrected chi connectivity index (χ0v) is 22.7. The molecule has 1 aromatic heterocycles. The number of hydrogen-bond donors (Lipinski definition) is 1. The fourth-order valence-corrected chi connectivity index (χ4v) is 6.18. The minimum atomic E-state index is -0.646. The lowest BCUT2D eigenvalue weighted by Gasteiger charge is -2.28.